The fourth-order valence-corrected chi connectivity index (χ4v) is 2.51. The number of hydrogen-bond donors (Lipinski definition) is 1. The predicted molar refractivity (Wildman–Crippen MR) is 77.2 cm³/mol. The van der Waals surface area contributed by atoms with Crippen LogP contribution >= 0.6 is 0 Å². The van der Waals surface area contributed by atoms with Gasteiger partial charge in [0.05, 0.1) is 5.71 Å². The molecule has 1 aromatic carbocycles. The second-order valence-corrected chi connectivity index (χ2v) is 5.13. The van der Waals surface area contributed by atoms with Crippen LogP contribution in [0.1, 0.15) is 55.7 Å². The quantitative estimate of drug-likeness (QED) is 0.520. The van der Waals surface area contributed by atoms with Gasteiger partial charge in [-0.15, -0.1) is 0 Å². The van der Waals surface area contributed by atoms with Crippen molar-refractivity contribution < 1.29 is 0 Å². The normalized spacial score (nSPS) is 15.4. The maximum Gasteiger partial charge on any atom is 0.0782 e. The number of nitrogens with one attached hydrogen (secondary N) is 1. The summed E-state index contributed by atoms with van der Waals surface area (Å²) in [7, 11) is 0. The molecule has 0 atom stereocenters. The molecular formula is C17H21N. The summed E-state index contributed by atoms with van der Waals surface area (Å²) in [6.07, 6.45) is 9.13. The van der Waals surface area contributed by atoms with Crippen molar-refractivity contribution in [1.82, 2.24) is 0 Å². The van der Waals surface area contributed by atoms with E-state index in [2.05, 4.69) is 30.0 Å². The Balaban J connectivity index is 2.23. The Morgan fingerprint density at radius 2 is 1.67 bits per heavy atom. The molecule has 1 heteroatoms. The van der Waals surface area contributed by atoms with Crippen molar-refractivity contribution in [3.63, 3.8) is 0 Å². The Labute approximate surface area is 110 Å². The lowest BCUT2D eigenvalue weighted by Crippen LogP contribution is -1.95. The monoisotopic (exact) mass is 239 g/mol. The molecule has 1 aromatic rings. The molecule has 0 aromatic heterocycles. The second-order valence-electron chi connectivity index (χ2n) is 5.13. The zero-order chi connectivity index (χ0) is 12.8. The summed E-state index contributed by atoms with van der Waals surface area (Å²) >= 11 is 0. The minimum atomic E-state index is 0.429. The van der Waals surface area contributed by atoms with Crippen LogP contribution in [0.2, 0.25) is 0 Å². The van der Waals surface area contributed by atoms with Crippen molar-refractivity contribution >= 4 is 5.71 Å². The molecule has 1 aliphatic rings. The van der Waals surface area contributed by atoms with E-state index < -0.39 is 0 Å². The fourth-order valence-electron chi connectivity index (χ4n) is 2.51. The van der Waals surface area contributed by atoms with E-state index in [0.717, 1.165) is 5.56 Å². The third-order valence-corrected chi connectivity index (χ3v) is 3.49. The average molecular weight is 239 g/mol. The molecule has 0 fully saturated rings. The fraction of sp³-hybridized carbons (Fsp3) is 0.471. The molecule has 1 nitrogen and oxygen atoms in total. The lowest BCUT2D eigenvalue weighted by atomic mass is 9.97. The molecule has 0 spiro atoms. The van der Waals surface area contributed by atoms with E-state index in [0.29, 0.717) is 5.71 Å². The maximum absolute atomic E-state index is 7.35. The molecule has 2 rings (SSSR count). The van der Waals surface area contributed by atoms with E-state index >= 15 is 0 Å². The van der Waals surface area contributed by atoms with Crippen LogP contribution in [0.25, 0.3) is 0 Å². The van der Waals surface area contributed by atoms with Gasteiger partial charge in [0, 0.05) is 5.56 Å². The molecule has 18 heavy (non-hydrogen) atoms. The lowest BCUT2D eigenvalue weighted by molar-refractivity contribution is 0.629. The number of aryl methyl sites for hydroxylation is 2. The van der Waals surface area contributed by atoms with Gasteiger partial charge in [-0.05, 0) is 61.8 Å². The van der Waals surface area contributed by atoms with E-state index in [1.165, 1.54) is 56.1 Å². The number of fused-ring (bicyclic) bond motifs is 1. The predicted octanol–water partition coefficient (Wildman–Crippen LogP) is 4.13. The van der Waals surface area contributed by atoms with Crippen LogP contribution < -0.4 is 0 Å². The van der Waals surface area contributed by atoms with Gasteiger partial charge in [0.2, 0.25) is 0 Å². The smallest absolute Gasteiger partial charge is 0.0782 e. The molecule has 0 heterocycles. The summed E-state index contributed by atoms with van der Waals surface area (Å²) in [5, 5.41) is 7.35. The molecular weight excluding hydrogens is 218 g/mol. The van der Waals surface area contributed by atoms with Gasteiger partial charge in [-0.3, -0.25) is 5.41 Å². The van der Waals surface area contributed by atoms with E-state index in [9.17, 15) is 0 Å². The van der Waals surface area contributed by atoms with Crippen molar-refractivity contribution in [2.24, 2.45) is 0 Å². The molecule has 94 valence electrons. The van der Waals surface area contributed by atoms with Gasteiger partial charge in [0.25, 0.3) is 0 Å². The van der Waals surface area contributed by atoms with Crippen molar-refractivity contribution in [2.75, 3.05) is 0 Å². The molecule has 0 unspecified atom stereocenters. The average Bonchev–Trinajstić information content (AvgIpc) is 2.47. The highest BCUT2D eigenvalue weighted by atomic mass is 14.4. The van der Waals surface area contributed by atoms with Crippen LogP contribution in [0, 0.1) is 17.3 Å². The van der Waals surface area contributed by atoms with Gasteiger partial charge in [0.1, 0.15) is 0 Å². The van der Waals surface area contributed by atoms with Crippen molar-refractivity contribution in [3.05, 3.63) is 34.9 Å². The first-order valence-electron chi connectivity index (χ1n) is 6.95. The van der Waals surface area contributed by atoms with Crippen LogP contribution in [0.15, 0.2) is 18.2 Å². The van der Waals surface area contributed by atoms with E-state index in [4.69, 9.17) is 5.41 Å². The molecule has 0 saturated carbocycles. The van der Waals surface area contributed by atoms with E-state index in [1.807, 2.05) is 0 Å². The van der Waals surface area contributed by atoms with Crippen molar-refractivity contribution in [2.45, 2.75) is 51.9 Å². The van der Waals surface area contributed by atoms with Crippen LogP contribution in [-0.4, -0.2) is 5.71 Å². The highest BCUT2D eigenvalue weighted by Crippen LogP contribution is 2.20. The first-order valence-corrected chi connectivity index (χ1v) is 6.95. The molecule has 0 bridgehead atoms. The molecule has 0 radical (unpaired) electrons. The van der Waals surface area contributed by atoms with Gasteiger partial charge in [0.15, 0.2) is 0 Å². The highest BCUT2D eigenvalue weighted by molar-refractivity contribution is 5.96. The number of benzene rings is 1. The zero-order valence-electron chi connectivity index (χ0n) is 11.2. The molecule has 1 aliphatic carbocycles. The summed E-state index contributed by atoms with van der Waals surface area (Å²) in [4.78, 5) is 0. The van der Waals surface area contributed by atoms with E-state index in [1.54, 1.807) is 6.92 Å². The zero-order valence-corrected chi connectivity index (χ0v) is 11.2. The minimum absolute atomic E-state index is 0.429. The first kappa shape index (κ1) is 12.9. The third kappa shape index (κ3) is 3.74. The lowest BCUT2D eigenvalue weighted by Gasteiger charge is -2.08. The maximum atomic E-state index is 7.35. The summed E-state index contributed by atoms with van der Waals surface area (Å²) in [6, 6.07) is 6.58. The second kappa shape index (κ2) is 6.40. The minimum Gasteiger partial charge on any atom is -0.297 e. The van der Waals surface area contributed by atoms with Crippen LogP contribution in [-0.2, 0) is 12.8 Å². The van der Waals surface area contributed by atoms with Crippen LogP contribution in [0.4, 0.5) is 0 Å². The molecule has 1 N–H and O–H groups in total. The molecule has 0 amide bonds. The van der Waals surface area contributed by atoms with E-state index in [-0.39, 0.29) is 0 Å². The van der Waals surface area contributed by atoms with Crippen LogP contribution in [0.3, 0.4) is 0 Å². The Bertz CT molecular complexity index is 488. The highest BCUT2D eigenvalue weighted by Gasteiger charge is 2.06. The van der Waals surface area contributed by atoms with Gasteiger partial charge in [-0.1, -0.05) is 31.2 Å². The van der Waals surface area contributed by atoms with Crippen molar-refractivity contribution in [3.8, 4) is 11.8 Å². The standard InChI is InChI=1S/C17H21N/c1-14(18)9-10-15-11-12-16-7-5-3-2-4-6-8-17(16)13-15/h11-13,18H,2-8H2,1H3. The Kier molecular flexibility index (Phi) is 4.59. The van der Waals surface area contributed by atoms with Gasteiger partial charge < -0.3 is 0 Å². The summed E-state index contributed by atoms with van der Waals surface area (Å²) in [6.45, 7) is 1.73. The van der Waals surface area contributed by atoms with Gasteiger partial charge in [-0.2, -0.15) is 0 Å². The Hall–Kier alpha value is -1.55. The van der Waals surface area contributed by atoms with Crippen LogP contribution in [0.5, 0.6) is 0 Å². The van der Waals surface area contributed by atoms with Gasteiger partial charge >= 0.3 is 0 Å². The third-order valence-electron chi connectivity index (χ3n) is 3.49. The summed E-state index contributed by atoms with van der Waals surface area (Å²) in [5.74, 6) is 5.91. The summed E-state index contributed by atoms with van der Waals surface area (Å²) < 4.78 is 0. The first-order chi connectivity index (χ1) is 8.75. The Morgan fingerprint density at radius 1 is 1.00 bits per heavy atom. The van der Waals surface area contributed by atoms with Crippen molar-refractivity contribution in [1.29, 1.82) is 5.41 Å². The number of hydrogen-bond acceptors (Lipinski definition) is 1. The number of rotatable bonds is 0. The SMILES string of the molecule is CC(=N)C#Cc1ccc2c(c1)CCCCCCC2. The van der Waals surface area contributed by atoms with Gasteiger partial charge in [-0.25, -0.2) is 0 Å². The largest absolute Gasteiger partial charge is 0.297 e. The topological polar surface area (TPSA) is 23.9 Å². The summed E-state index contributed by atoms with van der Waals surface area (Å²) in [5.41, 5.74) is 4.47. The Morgan fingerprint density at radius 3 is 2.39 bits per heavy atom. The molecule has 0 aliphatic heterocycles. The molecule has 0 saturated heterocycles.